The molecule has 0 radical (unpaired) electrons. The Kier molecular flexibility index (Phi) is 7.43. The smallest absolute Gasteiger partial charge is 0.250 e. The molecule has 0 heterocycles. The first-order chi connectivity index (χ1) is 11.0. The fraction of sp³-hybridized carbons (Fsp3) is 0.125. The molecule has 0 aliphatic rings. The van der Waals surface area contributed by atoms with Crippen LogP contribution >= 0.6 is 50.9 Å². The molecule has 0 aliphatic heterocycles. The van der Waals surface area contributed by atoms with E-state index in [1.165, 1.54) is 18.0 Å². The average Bonchev–Trinajstić information content (AvgIpc) is 2.51. The lowest BCUT2D eigenvalue weighted by molar-refractivity contribution is -0.118. The van der Waals surface area contributed by atoms with Crippen molar-refractivity contribution in [2.45, 2.75) is 5.75 Å². The number of hydrazone groups is 1. The third-order valence-corrected chi connectivity index (χ3v) is 4.97. The van der Waals surface area contributed by atoms with Gasteiger partial charge >= 0.3 is 0 Å². The third kappa shape index (κ3) is 6.55. The fourth-order valence-electron chi connectivity index (χ4n) is 1.69. The maximum Gasteiger partial charge on any atom is 0.250 e. The molecular formula is C16H13BrCl2N2OS. The largest absolute Gasteiger partial charge is 0.272 e. The van der Waals surface area contributed by atoms with Crippen molar-refractivity contribution in [2.24, 2.45) is 5.10 Å². The molecule has 0 saturated heterocycles. The predicted molar refractivity (Wildman–Crippen MR) is 103 cm³/mol. The Morgan fingerprint density at radius 2 is 2.04 bits per heavy atom. The quantitative estimate of drug-likeness (QED) is 0.508. The zero-order chi connectivity index (χ0) is 16.7. The first-order valence-corrected chi connectivity index (χ1v) is 9.34. The molecule has 2 aromatic carbocycles. The van der Waals surface area contributed by atoms with Crippen molar-refractivity contribution in [1.29, 1.82) is 0 Å². The van der Waals surface area contributed by atoms with Gasteiger partial charge in [-0.3, -0.25) is 4.79 Å². The molecule has 0 aliphatic carbocycles. The number of thioether (sulfide) groups is 1. The first-order valence-electron chi connectivity index (χ1n) is 6.64. The molecule has 3 nitrogen and oxygen atoms in total. The van der Waals surface area contributed by atoms with Crippen LogP contribution in [0.2, 0.25) is 10.0 Å². The normalized spacial score (nSPS) is 10.9. The van der Waals surface area contributed by atoms with Crippen LogP contribution in [0.4, 0.5) is 0 Å². The van der Waals surface area contributed by atoms with Crippen LogP contribution in [0.3, 0.4) is 0 Å². The van der Waals surface area contributed by atoms with Crippen LogP contribution < -0.4 is 5.43 Å². The van der Waals surface area contributed by atoms with Crippen LogP contribution in [0.1, 0.15) is 11.1 Å². The average molecular weight is 432 g/mol. The number of hydrogen-bond acceptors (Lipinski definition) is 3. The van der Waals surface area contributed by atoms with Crippen LogP contribution in [0.25, 0.3) is 0 Å². The number of amides is 1. The second kappa shape index (κ2) is 9.33. The Balaban J connectivity index is 1.74. The zero-order valence-electron chi connectivity index (χ0n) is 11.9. The third-order valence-electron chi connectivity index (χ3n) is 2.74. The van der Waals surface area contributed by atoms with E-state index in [1.54, 1.807) is 18.2 Å². The van der Waals surface area contributed by atoms with E-state index in [2.05, 4.69) is 26.5 Å². The molecule has 0 unspecified atom stereocenters. The molecule has 0 bridgehead atoms. The van der Waals surface area contributed by atoms with Crippen molar-refractivity contribution in [2.75, 3.05) is 5.75 Å². The maximum absolute atomic E-state index is 11.7. The number of carbonyl (C=O) groups is 1. The summed E-state index contributed by atoms with van der Waals surface area (Å²) in [4.78, 5) is 11.7. The van der Waals surface area contributed by atoms with Gasteiger partial charge in [-0.25, -0.2) is 5.43 Å². The number of benzene rings is 2. The van der Waals surface area contributed by atoms with Crippen molar-refractivity contribution < 1.29 is 4.79 Å². The summed E-state index contributed by atoms with van der Waals surface area (Å²) in [5.74, 6) is 0.954. The number of nitrogens with one attached hydrogen (secondary N) is 1. The summed E-state index contributed by atoms with van der Waals surface area (Å²) in [6, 6.07) is 13.1. The number of halogens is 3. The molecule has 0 fully saturated rings. The summed E-state index contributed by atoms with van der Waals surface area (Å²) in [5.41, 5.74) is 4.42. The molecule has 1 N–H and O–H groups in total. The maximum atomic E-state index is 11.7. The fourth-order valence-corrected chi connectivity index (χ4v) is 3.21. The van der Waals surface area contributed by atoms with E-state index in [9.17, 15) is 4.79 Å². The highest BCUT2D eigenvalue weighted by atomic mass is 79.9. The molecule has 0 saturated carbocycles. The van der Waals surface area contributed by atoms with Gasteiger partial charge < -0.3 is 0 Å². The van der Waals surface area contributed by atoms with Crippen LogP contribution in [-0.2, 0) is 10.5 Å². The summed E-state index contributed by atoms with van der Waals surface area (Å²) >= 11 is 16.7. The number of rotatable bonds is 6. The molecular weight excluding hydrogens is 419 g/mol. The Labute approximate surface area is 157 Å². The minimum Gasteiger partial charge on any atom is -0.272 e. The molecule has 23 heavy (non-hydrogen) atoms. The molecule has 2 aromatic rings. The number of hydrogen-bond donors (Lipinski definition) is 1. The highest BCUT2D eigenvalue weighted by Crippen LogP contribution is 2.21. The topological polar surface area (TPSA) is 41.5 Å². The summed E-state index contributed by atoms with van der Waals surface area (Å²) in [7, 11) is 0. The van der Waals surface area contributed by atoms with Crippen LogP contribution in [0.15, 0.2) is 52.0 Å². The Morgan fingerprint density at radius 3 is 2.78 bits per heavy atom. The second-order valence-electron chi connectivity index (χ2n) is 4.59. The van der Waals surface area contributed by atoms with Gasteiger partial charge in [-0.1, -0.05) is 57.3 Å². The molecule has 0 aromatic heterocycles. The summed E-state index contributed by atoms with van der Waals surface area (Å²) in [5, 5.41) is 4.84. The number of nitrogens with zero attached hydrogens (tertiary/aromatic N) is 1. The van der Waals surface area contributed by atoms with E-state index in [-0.39, 0.29) is 5.91 Å². The van der Waals surface area contributed by atoms with Crippen molar-refractivity contribution >= 4 is 63.0 Å². The highest BCUT2D eigenvalue weighted by molar-refractivity contribution is 9.10. The Bertz CT molecular complexity index is 725. The summed E-state index contributed by atoms with van der Waals surface area (Å²) in [6.07, 6.45) is 1.53. The van der Waals surface area contributed by atoms with Gasteiger partial charge in [0.2, 0.25) is 5.91 Å². The molecule has 0 spiro atoms. The van der Waals surface area contributed by atoms with Crippen molar-refractivity contribution in [1.82, 2.24) is 5.43 Å². The summed E-state index contributed by atoms with van der Waals surface area (Å²) in [6.45, 7) is 0. The molecule has 7 heteroatoms. The van der Waals surface area contributed by atoms with E-state index in [4.69, 9.17) is 23.2 Å². The monoisotopic (exact) mass is 430 g/mol. The summed E-state index contributed by atoms with van der Waals surface area (Å²) < 4.78 is 1.03. The standard InChI is InChI=1S/C16H13BrCl2N2OS/c17-13-3-1-2-12(6-13)9-23-10-16(22)21-20-8-11-4-5-14(18)15(19)7-11/h1-8H,9-10H2,(H,21,22)/b20-8+. The van der Waals surface area contributed by atoms with Crippen LogP contribution in [0.5, 0.6) is 0 Å². The predicted octanol–water partition coefficient (Wildman–Crippen LogP) is 5.14. The second-order valence-corrected chi connectivity index (χ2v) is 7.31. The van der Waals surface area contributed by atoms with Crippen molar-refractivity contribution in [3.8, 4) is 0 Å². The minimum atomic E-state index is -0.152. The van der Waals surface area contributed by atoms with Gasteiger partial charge in [0.15, 0.2) is 0 Å². The van der Waals surface area contributed by atoms with Gasteiger partial charge in [0.1, 0.15) is 0 Å². The van der Waals surface area contributed by atoms with Crippen LogP contribution in [-0.4, -0.2) is 17.9 Å². The molecule has 1 amide bonds. The van der Waals surface area contributed by atoms with Crippen molar-refractivity contribution in [3.63, 3.8) is 0 Å². The Morgan fingerprint density at radius 1 is 1.22 bits per heavy atom. The highest BCUT2D eigenvalue weighted by Gasteiger charge is 2.01. The first kappa shape index (κ1) is 18.3. The van der Waals surface area contributed by atoms with E-state index >= 15 is 0 Å². The lowest BCUT2D eigenvalue weighted by Crippen LogP contribution is -2.19. The van der Waals surface area contributed by atoms with E-state index < -0.39 is 0 Å². The lowest BCUT2D eigenvalue weighted by atomic mass is 10.2. The molecule has 120 valence electrons. The lowest BCUT2D eigenvalue weighted by Gasteiger charge is -2.02. The molecule has 2 rings (SSSR count). The SMILES string of the molecule is O=C(CSCc1cccc(Br)c1)N/N=C/c1ccc(Cl)c(Cl)c1. The zero-order valence-corrected chi connectivity index (χ0v) is 15.8. The van der Waals surface area contributed by atoms with E-state index in [0.717, 1.165) is 21.4 Å². The van der Waals surface area contributed by atoms with Gasteiger partial charge in [0, 0.05) is 10.2 Å². The van der Waals surface area contributed by atoms with Gasteiger partial charge in [-0.2, -0.15) is 5.10 Å². The van der Waals surface area contributed by atoms with Gasteiger partial charge in [0.25, 0.3) is 0 Å². The van der Waals surface area contributed by atoms with E-state index in [0.29, 0.717) is 15.8 Å². The molecule has 0 atom stereocenters. The van der Waals surface area contributed by atoms with Crippen LogP contribution in [0, 0.1) is 0 Å². The van der Waals surface area contributed by atoms with Gasteiger partial charge in [-0.15, -0.1) is 11.8 Å². The van der Waals surface area contributed by atoms with Gasteiger partial charge in [0.05, 0.1) is 22.0 Å². The van der Waals surface area contributed by atoms with Gasteiger partial charge in [-0.05, 0) is 35.4 Å². The van der Waals surface area contributed by atoms with E-state index in [1.807, 2.05) is 24.3 Å². The number of carbonyl (C=O) groups excluding carboxylic acids is 1. The Hall–Kier alpha value is -1.01. The minimum absolute atomic E-state index is 0.152. The van der Waals surface area contributed by atoms with Crippen molar-refractivity contribution in [3.05, 3.63) is 68.1 Å².